The van der Waals surface area contributed by atoms with Gasteiger partial charge in [0.2, 0.25) is 0 Å². The van der Waals surface area contributed by atoms with Crippen molar-refractivity contribution in [1.29, 1.82) is 0 Å². The fourth-order valence-corrected chi connectivity index (χ4v) is 6.35. The van der Waals surface area contributed by atoms with Crippen molar-refractivity contribution in [3.8, 4) is 5.75 Å². The van der Waals surface area contributed by atoms with Crippen LogP contribution < -0.4 is 4.74 Å². The first-order valence-electron chi connectivity index (χ1n) is 13.3. The van der Waals surface area contributed by atoms with Crippen LogP contribution in [-0.2, 0) is 0 Å². The molecule has 0 amide bonds. The maximum absolute atomic E-state index is 15.1. The Morgan fingerprint density at radius 1 is 0.941 bits per heavy atom. The summed E-state index contributed by atoms with van der Waals surface area (Å²) >= 11 is 5.87. The molecule has 184 valence electrons. The average molecular weight is 485 g/mol. The van der Waals surface area contributed by atoms with Crippen LogP contribution in [0.15, 0.2) is 42.5 Å². The van der Waals surface area contributed by atoms with Crippen LogP contribution in [0.1, 0.15) is 106 Å². The zero-order chi connectivity index (χ0) is 23.9. The normalized spacial score (nSPS) is 24.4. The number of ether oxygens (including phenoxy) is 1. The average Bonchev–Trinajstić information content (AvgIpc) is 2.85. The van der Waals surface area contributed by atoms with Crippen LogP contribution in [-0.4, -0.2) is 5.97 Å². The summed E-state index contributed by atoms with van der Waals surface area (Å²) in [6, 6.07) is 11.4. The lowest BCUT2D eigenvalue weighted by Gasteiger charge is -2.42. The summed E-state index contributed by atoms with van der Waals surface area (Å²) in [6.07, 6.45) is 15.6. The van der Waals surface area contributed by atoms with Crippen molar-refractivity contribution in [1.82, 2.24) is 0 Å². The van der Waals surface area contributed by atoms with Gasteiger partial charge in [-0.05, 0) is 97.7 Å². The van der Waals surface area contributed by atoms with E-state index < -0.39 is 5.97 Å². The maximum Gasteiger partial charge on any atom is 0.343 e. The third-order valence-corrected chi connectivity index (χ3v) is 8.39. The van der Waals surface area contributed by atoms with Crippen molar-refractivity contribution in [2.45, 2.75) is 89.9 Å². The first-order valence-corrected chi connectivity index (χ1v) is 13.7. The second-order valence-electron chi connectivity index (χ2n) is 10.5. The van der Waals surface area contributed by atoms with Gasteiger partial charge < -0.3 is 4.74 Å². The minimum Gasteiger partial charge on any atom is -0.423 e. The summed E-state index contributed by atoms with van der Waals surface area (Å²) in [5.74, 6) is 2.27. The smallest absolute Gasteiger partial charge is 0.343 e. The predicted molar refractivity (Wildman–Crippen MR) is 137 cm³/mol. The van der Waals surface area contributed by atoms with Gasteiger partial charge in [-0.25, -0.2) is 9.18 Å². The number of unbranched alkanes of at least 4 members (excludes halogenated alkanes) is 4. The maximum atomic E-state index is 15.1. The summed E-state index contributed by atoms with van der Waals surface area (Å²) < 4.78 is 20.4. The zero-order valence-electron chi connectivity index (χ0n) is 20.4. The van der Waals surface area contributed by atoms with Gasteiger partial charge in [-0.3, -0.25) is 0 Å². The number of fused-ring (bicyclic) bond motifs is 1. The number of hydrogen-bond acceptors (Lipinski definition) is 2. The molecule has 0 saturated heterocycles. The van der Waals surface area contributed by atoms with Crippen LogP contribution in [0.3, 0.4) is 0 Å². The molecule has 2 saturated carbocycles. The SMILES string of the molecule is CCCCCCCC1CCC2CC(c3ccc(C(=O)Oc4ccc(Cl)cc4)cc3F)CCC2C1. The Morgan fingerprint density at radius 3 is 2.44 bits per heavy atom. The molecule has 2 nitrogen and oxygen atoms in total. The molecule has 0 bridgehead atoms. The van der Waals surface area contributed by atoms with Crippen LogP contribution >= 0.6 is 11.6 Å². The molecule has 0 aromatic heterocycles. The third kappa shape index (κ3) is 6.62. The number of hydrogen-bond donors (Lipinski definition) is 0. The van der Waals surface area contributed by atoms with E-state index in [4.69, 9.17) is 16.3 Å². The largest absolute Gasteiger partial charge is 0.423 e. The quantitative estimate of drug-likeness (QED) is 0.201. The summed E-state index contributed by atoms with van der Waals surface area (Å²) in [5.41, 5.74) is 1.00. The summed E-state index contributed by atoms with van der Waals surface area (Å²) in [6.45, 7) is 2.27. The fraction of sp³-hybridized carbons (Fsp3) is 0.567. The van der Waals surface area contributed by atoms with Crippen molar-refractivity contribution in [3.63, 3.8) is 0 Å². The van der Waals surface area contributed by atoms with Gasteiger partial charge >= 0.3 is 5.97 Å². The van der Waals surface area contributed by atoms with E-state index in [1.54, 1.807) is 36.4 Å². The number of benzene rings is 2. The molecular formula is C30H38ClFO2. The molecule has 2 aliphatic rings. The summed E-state index contributed by atoms with van der Waals surface area (Å²) in [7, 11) is 0. The minimum atomic E-state index is -0.551. The number of halogens is 2. The molecule has 4 rings (SSSR count). The molecule has 0 spiro atoms. The predicted octanol–water partition coefficient (Wildman–Crippen LogP) is 9.36. The first kappa shape index (κ1) is 25.2. The zero-order valence-corrected chi connectivity index (χ0v) is 21.2. The van der Waals surface area contributed by atoms with E-state index in [0.717, 1.165) is 36.2 Å². The molecular weight excluding hydrogens is 447 g/mol. The molecule has 0 N–H and O–H groups in total. The van der Waals surface area contributed by atoms with Gasteiger partial charge in [0.25, 0.3) is 0 Å². The highest BCUT2D eigenvalue weighted by Gasteiger charge is 2.36. The highest BCUT2D eigenvalue weighted by Crippen LogP contribution is 2.48. The molecule has 2 aromatic rings. The van der Waals surface area contributed by atoms with E-state index in [1.165, 1.54) is 70.3 Å². The lowest BCUT2D eigenvalue weighted by molar-refractivity contribution is 0.0734. The number of carbonyl (C=O) groups is 1. The van der Waals surface area contributed by atoms with Gasteiger partial charge in [-0.15, -0.1) is 0 Å². The number of esters is 1. The molecule has 4 heteroatoms. The van der Waals surface area contributed by atoms with Crippen molar-refractivity contribution >= 4 is 17.6 Å². The van der Waals surface area contributed by atoms with Crippen LogP contribution in [0.25, 0.3) is 0 Å². The second kappa shape index (κ2) is 12.2. The van der Waals surface area contributed by atoms with E-state index in [2.05, 4.69) is 6.92 Å². The Morgan fingerprint density at radius 2 is 1.68 bits per heavy atom. The Bertz CT molecular complexity index is 941. The highest BCUT2D eigenvalue weighted by molar-refractivity contribution is 6.30. The lowest BCUT2D eigenvalue weighted by atomic mass is 9.63. The Balaban J connectivity index is 1.29. The highest BCUT2D eigenvalue weighted by atomic mass is 35.5. The number of rotatable bonds is 9. The van der Waals surface area contributed by atoms with Crippen LogP contribution in [0.4, 0.5) is 4.39 Å². The molecule has 2 aromatic carbocycles. The van der Waals surface area contributed by atoms with Crippen LogP contribution in [0.5, 0.6) is 5.75 Å². The van der Waals surface area contributed by atoms with Gasteiger partial charge in [-0.2, -0.15) is 0 Å². The topological polar surface area (TPSA) is 26.3 Å². The molecule has 2 aliphatic carbocycles. The van der Waals surface area contributed by atoms with Gasteiger partial charge in [0.05, 0.1) is 5.56 Å². The third-order valence-electron chi connectivity index (χ3n) is 8.14. The lowest BCUT2D eigenvalue weighted by Crippen LogP contribution is -2.30. The molecule has 2 fully saturated rings. The van der Waals surface area contributed by atoms with Gasteiger partial charge in [-0.1, -0.05) is 69.5 Å². The van der Waals surface area contributed by atoms with E-state index in [9.17, 15) is 4.79 Å². The molecule has 4 unspecified atom stereocenters. The van der Waals surface area contributed by atoms with Crippen molar-refractivity contribution in [2.24, 2.45) is 17.8 Å². The molecule has 34 heavy (non-hydrogen) atoms. The van der Waals surface area contributed by atoms with Crippen LogP contribution in [0.2, 0.25) is 5.02 Å². The Kier molecular flexibility index (Phi) is 9.05. The Hall–Kier alpha value is -1.87. The molecule has 0 radical (unpaired) electrons. The van der Waals surface area contributed by atoms with Crippen molar-refractivity contribution < 1.29 is 13.9 Å². The van der Waals surface area contributed by atoms with E-state index >= 15 is 4.39 Å². The van der Waals surface area contributed by atoms with Gasteiger partial charge in [0, 0.05) is 5.02 Å². The fourth-order valence-electron chi connectivity index (χ4n) is 6.22. The molecule has 4 atom stereocenters. The van der Waals surface area contributed by atoms with Crippen molar-refractivity contribution in [3.05, 3.63) is 64.4 Å². The Labute approximate surface area is 209 Å². The van der Waals surface area contributed by atoms with E-state index in [0.29, 0.717) is 10.8 Å². The summed E-state index contributed by atoms with van der Waals surface area (Å²) in [4.78, 5) is 12.5. The number of carbonyl (C=O) groups excluding carboxylic acids is 1. The van der Waals surface area contributed by atoms with Gasteiger partial charge in [0.1, 0.15) is 11.6 Å². The summed E-state index contributed by atoms with van der Waals surface area (Å²) in [5, 5.41) is 0.570. The second-order valence-corrected chi connectivity index (χ2v) is 10.9. The van der Waals surface area contributed by atoms with Gasteiger partial charge in [0.15, 0.2) is 0 Å². The van der Waals surface area contributed by atoms with E-state index in [-0.39, 0.29) is 17.3 Å². The minimum absolute atomic E-state index is 0.240. The molecule has 0 heterocycles. The monoisotopic (exact) mass is 484 g/mol. The van der Waals surface area contributed by atoms with Crippen molar-refractivity contribution in [2.75, 3.05) is 0 Å². The standard InChI is InChI=1S/C30H38ClFO2/c1-2-3-4-5-6-7-21-8-9-23-19-24(11-10-22(23)18-21)28-17-12-25(20-29(28)32)30(33)34-27-15-13-26(31)14-16-27/h12-17,20-24H,2-11,18-19H2,1H3. The van der Waals surface area contributed by atoms with E-state index in [1.807, 2.05) is 0 Å². The van der Waals surface area contributed by atoms with Crippen LogP contribution in [0, 0.1) is 23.6 Å². The first-order chi connectivity index (χ1) is 16.5. The molecule has 0 aliphatic heterocycles.